The largest absolute Gasteiger partial charge is 0.488 e. The lowest BCUT2D eigenvalue weighted by Gasteiger charge is -2.38. The van der Waals surface area contributed by atoms with E-state index in [0.717, 1.165) is 40.4 Å². The van der Waals surface area contributed by atoms with Crippen molar-refractivity contribution < 1.29 is 23.2 Å². The third-order valence-electron chi connectivity index (χ3n) is 7.14. The molecule has 36 heavy (non-hydrogen) atoms. The molecular weight excluding hydrogens is 459 g/mol. The van der Waals surface area contributed by atoms with E-state index in [-0.39, 0.29) is 23.7 Å². The Labute approximate surface area is 209 Å². The van der Waals surface area contributed by atoms with Gasteiger partial charge in [-0.3, -0.25) is 4.79 Å². The van der Waals surface area contributed by atoms with E-state index in [1.165, 1.54) is 12.1 Å². The van der Waals surface area contributed by atoms with E-state index < -0.39 is 0 Å². The lowest BCUT2D eigenvalue weighted by molar-refractivity contribution is 0.0486. The molecule has 1 amide bonds. The molecule has 186 valence electrons. The van der Waals surface area contributed by atoms with Crippen LogP contribution in [-0.4, -0.2) is 30.8 Å². The number of nitrogens with one attached hydrogen (secondary N) is 1. The lowest BCUT2D eigenvalue weighted by Crippen LogP contribution is -2.44. The van der Waals surface area contributed by atoms with Gasteiger partial charge in [-0.15, -0.1) is 0 Å². The number of carbonyl (C=O) groups is 1. The van der Waals surface area contributed by atoms with E-state index in [1.807, 2.05) is 50.2 Å². The van der Waals surface area contributed by atoms with Crippen molar-refractivity contribution in [2.75, 3.05) is 19.8 Å². The highest BCUT2D eigenvalue weighted by Gasteiger charge is 2.35. The van der Waals surface area contributed by atoms with Gasteiger partial charge in [-0.2, -0.15) is 0 Å². The SMILES string of the molecule is Cc1noc(C)c1COc1cc2ccccc2cc1C(=O)NCC1(c2ccc(F)cc2)CCOCC1. The fraction of sp³-hybridized carbons (Fsp3) is 0.310. The summed E-state index contributed by atoms with van der Waals surface area (Å²) in [6, 6.07) is 18.2. The summed E-state index contributed by atoms with van der Waals surface area (Å²) < 4.78 is 30.6. The number of hydrogen-bond acceptors (Lipinski definition) is 5. The summed E-state index contributed by atoms with van der Waals surface area (Å²) in [6.07, 6.45) is 1.48. The Kier molecular flexibility index (Phi) is 6.74. The summed E-state index contributed by atoms with van der Waals surface area (Å²) in [6.45, 7) is 5.55. The first-order valence-corrected chi connectivity index (χ1v) is 12.1. The molecule has 7 heteroatoms. The average molecular weight is 489 g/mol. The van der Waals surface area contributed by atoms with E-state index in [4.69, 9.17) is 14.0 Å². The molecule has 0 unspecified atom stereocenters. The number of halogens is 1. The average Bonchev–Trinajstić information content (AvgIpc) is 3.23. The van der Waals surface area contributed by atoms with E-state index in [2.05, 4.69) is 10.5 Å². The molecule has 0 aliphatic carbocycles. The van der Waals surface area contributed by atoms with Crippen molar-refractivity contribution >= 4 is 16.7 Å². The van der Waals surface area contributed by atoms with Crippen molar-refractivity contribution in [3.63, 3.8) is 0 Å². The summed E-state index contributed by atoms with van der Waals surface area (Å²) in [4.78, 5) is 13.6. The second-order valence-electron chi connectivity index (χ2n) is 9.37. The van der Waals surface area contributed by atoms with Gasteiger partial charge in [-0.25, -0.2) is 4.39 Å². The standard InChI is InChI=1S/C29H29FN2O4/c1-19-26(20(2)36-32-19)17-35-27-16-22-6-4-3-5-21(22)15-25(27)28(33)31-18-29(11-13-34-14-12-29)23-7-9-24(30)10-8-23/h3-10,15-16H,11-14,17-18H2,1-2H3,(H,31,33). The van der Waals surface area contributed by atoms with Crippen molar-refractivity contribution in [2.45, 2.75) is 38.7 Å². The van der Waals surface area contributed by atoms with E-state index >= 15 is 0 Å². The smallest absolute Gasteiger partial charge is 0.255 e. The zero-order valence-corrected chi connectivity index (χ0v) is 20.5. The van der Waals surface area contributed by atoms with Gasteiger partial charge in [-0.05, 0) is 67.3 Å². The molecule has 0 saturated carbocycles. The van der Waals surface area contributed by atoms with Gasteiger partial charge < -0.3 is 19.3 Å². The third kappa shape index (κ3) is 4.84. The molecule has 1 fully saturated rings. The van der Waals surface area contributed by atoms with Crippen molar-refractivity contribution in [1.82, 2.24) is 10.5 Å². The van der Waals surface area contributed by atoms with Gasteiger partial charge in [0.15, 0.2) is 0 Å². The number of ether oxygens (including phenoxy) is 2. The van der Waals surface area contributed by atoms with Crippen LogP contribution < -0.4 is 10.1 Å². The maximum absolute atomic E-state index is 13.6. The third-order valence-corrected chi connectivity index (χ3v) is 7.14. The molecule has 1 aromatic heterocycles. The molecule has 0 radical (unpaired) electrons. The lowest BCUT2D eigenvalue weighted by atomic mass is 9.74. The quantitative estimate of drug-likeness (QED) is 0.364. The molecule has 3 aromatic carbocycles. The van der Waals surface area contributed by atoms with Crippen molar-refractivity contribution in [3.05, 3.63) is 94.6 Å². The van der Waals surface area contributed by atoms with Gasteiger partial charge >= 0.3 is 0 Å². The van der Waals surface area contributed by atoms with Gasteiger partial charge in [0.2, 0.25) is 0 Å². The molecule has 0 bridgehead atoms. The molecule has 2 heterocycles. The Hall–Kier alpha value is -3.71. The summed E-state index contributed by atoms with van der Waals surface area (Å²) in [5.41, 5.74) is 2.77. The topological polar surface area (TPSA) is 73.6 Å². The number of amides is 1. The number of aryl methyl sites for hydroxylation is 2. The number of fused-ring (bicyclic) bond motifs is 1. The Morgan fingerprint density at radius 3 is 2.42 bits per heavy atom. The summed E-state index contributed by atoms with van der Waals surface area (Å²) in [5, 5.41) is 9.07. The summed E-state index contributed by atoms with van der Waals surface area (Å²) in [5.74, 6) is 0.692. The number of nitrogens with zero attached hydrogens (tertiary/aromatic N) is 1. The van der Waals surface area contributed by atoms with E-state index in [1.54, 1.807) is 12.1 Å². The first-order valence-electron chi connectivity index (χ1n) is 12.1. The Morgan fingerprint density at radius 1 is 1.06 bits per heavy atom. The fourth-order valence-electron chi connectivity index (χ4n) is 4.85. The van der Waals surface area contributed by atoms with Crippen LogP contribution in [0.2, 0.25) is 0 Å². The minimum absolute atomic E-state index is 0.220. The predicted octanol–water partition coefficient (Wildman–Crippen LogP) is 5.64. The van der Waals surface area contributed by atoms with Crippen LogP contribution in [0.25, 0.3) is 10.8 Å². The van der Waals surface area contributed by atoms with Gasteiger partial charge in [0, 0.05) is 25.2 Å². The van der Waals surface area contributed by atoms with Crippen LogP contribution in [0, 0.1) is 19.7 Å². The van der Waals surface area contributed by atoms with Crippen LogP contribution in [-0.2, 0) is 16.8 Å². The zero-order chi connectivity index (χ0) is 25.1. The van der Waals surface area contributed by atoms with Crippen LogP contribution in [0.1, 0.15) is 45.8 Å². The van der Waals surface area contributed by atoms with Gasteiger partial charge in [0.25, 0.3) is 5.91 Å². The van der Waals surface area contributed by atoms with Gasteiger partial charge in [0.1, 0.15) is 23.9 Å². The minimum Gasteiger partial charge on any atom is -0.488 e. The highest BCUT2D eigenvalue weighted by atomic mass is 19.1. The molecule has 1 N–H and O–H groups in total. The van der Waals surface area contributed by atoms with Gasteiger partial charge in [-0.1, -0.05) is 41.6 Å². The molecular formula is C29H29FN2O4. The van der Waals surface area contributed by atoms with Crippen molar-refractivity contribution in [3.8, 4) is 5.75 Å². The normalized spacial score (nSPS) is 15.1. The van der Waals surface area contributed by atoms with Crippen molar-refractivity contribution in [2.24, 2.45) is 0 Å². The van der Waals surface area contributed by atoms with E-state index in [9.17, 15) is 9.18 Å². The highest BCUT2D eigenvalue weighted by molar-refractivity contribution is 6.01. The van der Waals surface area contributed by atoms with Gasteiger partial charge in [0.05, 0.1) is 16.8 Å². The monoisotopic (exact) mass is 488 g/mol. The molecule has 1 aliphatic rings. The summed E-state index contributed by atoms with van der Waals surface area (Å²) in [7, 11) is 0. The number of rotatable bonds is 7. The second kappa shape index (κ2) is 10.1. The van der Waals surface area contributed by atoms with Crippen LogP contribution in [0.15, 0.2) is 65.2 Å². The molecule has 1 saturated heterocycles. The molecule has 6 nitrogen and oxygen atoms in total. The second-order valence-corrected chi connectivity index (χ2v) is 9.37. The minimum atomic E-state index is -0.323. The maximum atomic E-state index is 13.6. The maximum Gasteiger partial charge on any atom is 0.255 e. The fourth-order valence-corrected chi connectivity index (χ4v) is 4.85. The Bertz CT molecular complexity index is 1350. The van der Waals surface area contributed by atoms with Crippen LogP contribution in [0.5, 0.6) is 5.75 Å². The highest BCUT2D eigenvalue weighted by Crippen LogP contribution is 2.35. The van der Waals surface area contributed by atoms with Crippen LogP contribution >= 0.6 is 0 Å². The number of aromatic nitrogens is 1. The first-order chi connectivity index (χ1) is 17.4. The van der Waals surface area contributed by atoms with Crippen molar-refractivity contribution in [1.29, 1.82) is 0 Å². The number of benzene rings is 3. The molecule has 1 aliphatic heterocycles. The Morgan fingerprint density at radius 2 is 1.75 bits per heavy atom. The van der Waals surface area contributed by atoms with Crippen LogP contribution in [0.4, 0.5) is 4.39 Å². The molecule has 0 spiro atoms. The molecule has 4 aromatic rings. The van der Waals surface area contributed by atoms with E-state index in [0.29, 0.717) is 36.8 Å². The first kappa shape index (κ1) is 24.0. The molecule has 5 rings (SSSR count). The summed E-state index contributed by atoms with van der Waals surface area (Å²) >= 11 is 0. The van der Waals surface area contributed by atoms with Crippen LogP contribution in [0.3, 0.4) is 0 Å². The number of hydrogen-bond donors (Lipinski definition) is 1. The predicted molar refractivity (Wildman–Crippen MR) is 135 cm³/mol. The number of carbonyl (C=O) groups excluding carboxylic acids is 1. The Balaban J connectivity index is 1.42. The zero-order valence-electron chi connectivity index (χ0n) is 20.5. The molecule has 0 atom stereocenters.